The summed E-state index contributed by atoms with van der Waals surface area (Å²) in [6.45, 7) is 0.464. The summed E-state index contributed by atoms with van der Waals surface area (Å²) >= 11 is 0. The van der Waals surface area contributed by atoms with Crippen LogP contribution in [-0.2, 0) is 11.3 Å². The highest BCUT2D eigenvalue weighted by Gasteiger charge is 2.01. The lowest BCUT2D eigenvalue weighted by molar-refractivity contribution is -0.115. The molecule has 0 saturated carbocycles. The Labute approximate surface area is 135 Å². The summed E-state index contributed by atoms with van der Waals surface area (Å²) in [5.41, 5.74) is 2.30. The molecule has 0 aromatic heterocycles. The number of anilines is 1. The predicted molar refractivity (Wildman–Crippen MR) is 89.8 cm³/mol. The van der Waals surface area contributed by atoms with Crippen molar-refractivity contribution in [3.05, 3.63) is 65.5 Å². The van der Waals surface area contributed by atoms with Crippen molar-refractivity contribution in [2.75, 3.05) is 19.5 Å². The van der Waals surface area contributed by atoms with Crippen LogP contribution in [0.1, 0.15) is 11.1 Å². The lowest BCUT2D eigenvalue weighted by Crippen LogP contribution is -2.13. The van der Waals surface area contributed by atoms with Gasteiger partial charge in [-0.15, -0.1) is 0 Å². The molecule has 23 heavy (non-hydrogen) atoms. The molecule has 0 atom stereocenters. The molecule has 0 bridgehead atoms. The van der Waals surface area contributed by atoms with E-state index >= 15 is 0 Å². The number of ether oxygens (including phenoxy) is 1. The molecule has 2 aromatic carbocycles. The van der Waals surface area contributed by atoms with Gasteiger partial charge >= 0.3 is 0 Å². The first-order chi connectivity index (χ1) is 11.1. The van der Waals surface area contributed by atoms with E-state index in [0.29, 0.717) is 12.1 Å². The molecular weight excluding hydrogens is 295 g/mol. The van der Waals surface area contributed by atoms with Gasteiger partial charge in [0.05, 0.1) is 7.11 Å². The van der Waals surface area contributed by atoms with E-state index in [1.54, 1.807) is 20.2 Å². The SMILES string of the molecule is CNC(=O)/C=C/c1cc(F)cc(CNc2cccc(OC)c2)c1. The van der Waals surface area contributed by atoms with Crippen molar-refractivity contribution in [3.63, 3.8) is 0 Å². The summed E-state index contributed by atoms with van der Waals surface area (Å²) in [5.74, 6) is 0.181. The predicted octanol–water partition coefficient (Wildman–Crippen LogP) is 3.21. The first kappa shape index (κ1) is 16.5. The van der Waals surface area contributed by atoms with E-state index in [1.807, 2.05) is 30.3 Å². The molecule has 0 aliphatic carbocycles. The van der Waals surface area contributed by atoms with Crippen LogP contribution in [-0.4, -0.2) is 20.1 Å². The minimum atomic E-state index is -0.341. The number of hydrogen-bond donors (Lipinski definition) is 2. The highest BCUT2D eigenvalue weighted by atomic mass is 19.1. The first-order valence-corrected chi connectivity index (χ1v) is 7.18. The van der Waals surface area contributed by atoms with Crippen LogP contribution in [0, 0.1) is 5.82 Å². The minimum Gasteiger partial charge on any atom is -0.497 e. The smallest absolute Gasteiger partial charge is 0.243 e. The lowest BCUT2D eigenvalue weighted by Gasteiger charge is -2.09. The fourth-order valence-electron chi connectivity index (χ4n) is 2.07. The fourth-order valence-corrected chi connectivity index (χ4v) is 2.07. The van der Waals surface area contributed by atoms with E-state index in [9.17, 15) is 9.18 Å². The molecule has 0 heterocycles. The molecule has 2 aromatic rings. The largest absolute Gasteiger partial charge is 0.497 e. The average molecular weight is 314 g/mol. The molecule has 0 fully saturated rings. The van der Waals surface area contributed by atoms with Gasteiger partial charge < -0.3 is 15.4 Å². The van der Waals surface area contributed by atoms with Crippen LogP contribution in [0.15, 0.2) is 48.5 Å². The van der Waals surface area contributed by atoms with Crippen molar-refractivity contribution in [2.45, 2.75) is 6.54 Å². The number of halogens is 1. The normalized spacial score (nSPS) is 10.6. The van der Waals surface area contributed by atoms with Crippen LogP contribution < -0.4 is 15.4 Å². The molecule has 5 heteroatoms. The Bertz CT molecular complexity index is 714. The molecular formula is C18H19FN2O2. The minimum absolute atomic E-state index is 0.231. The van der Waals surface area contributed by atoms with Gasteiger partial charge in [0.2, 0.25) is 5.91 Å². The topological polar surface area (TPSA) is 50.4 Å². The summed E-state index contributed by atoms with van der Waals surface area (Å²) in [5, 5.41) is 5.69. The van der Waals surface area contributed by atoms with Gasteiger partial charge in [0.1, 0.15) is 11.6 Å². The number of methoxy groups -OCH3 is 1. The lowest BCUT2D eigenvalue weighted by atomic mass is 10.1. The second-order valence-electron chi connectivity index (χ2n) is 4.93. The Balaban J connectivity index is 2.09. The maximum Gasteiger partial charge on any atom is 0.243 e. The molecule has 0 radical (unpaired) electrons. The van der Waals surface area contributed by atoms with E-state index in [2.05, 4.69) is 10.6 Å². The van der Waals surface area contributed by atoms with Gasteiger partial charge in [-0.2, -0.15) is 0 Å². The Morgan fingerprint density at radius 1 is 1.26 bits per heavy atom. The molecule has 2 N–H and O–H groups in total. The monoisotopic (exact) mass is 314 g/mol. The van der Waals surface area contributed by atoms with E-state index in [-0.39, 0.29) is 11.7 Å². The average Bonchev–Trinajstić information content (AvgIpc) is 2.57. The second kappa shape index (κ2) is 7.98. The fraction of sp³-hybridized carbons (Fsp3) is 0.167. The number of hydrogen-bond acceptors (Lipinski definition) is 3. The standard InChI is InChI=1S/C18H19FN2O2/c1-20-18(22)7-6-13-8-14(10-15(19)9-13)12-21-16-4-3-5-17(11-16)23-2/h3-11,21H,12H2,1-2H3,(H,20,22)/b7-6+. The van der Waals surface area contributed by atoms with E-state index in [4.69, 9.17) is 4.74 Å². The van der Waals surface area contributed by atoms with Gasteiger partial charge in [-0.05, 0) is 47.5 Å². The molecule has 0 aliphatic heterocycles. The zero-order valence-corrected chi connectivity index (χ0v) is 13.1. The van der Waals surface area contributed by atoms with Crippen molar-refractivity contribution >= 4 is 17.7 Å². The van der Waals surface area contributed by atoms with E-state index in [0.717, 1.165) is 17.0 Å². The van der Waals surface area contributed by atoms with Crippen LogP contribution >= 0.6 is 0 Å². The molecule has 0 aliphatic rings. The van der Waals surface area contributed by atoms with Gasteiger partial charge in [-0.1, -0.05) is 6.07 Å². The summed E-state index contributed by atoms with van der Waals surface area (Å²) in [4.78, 5) is 11.2. The van der Waals surface area contributed by atoms with Gasteiger partial charge in [-0.25, -0.2) is 4.39 Å². The number of carbonyl (C=O) groups is 1. The number of likely N-dealkylation sites (N-methyl/N-ethyl adjacent to an activating group) is 1. The summed E-state index contributed by atoms with van der Waals surface area (Å²) in [6.07, 6.45) is 2.95. The van der Waals surface area contributed by atoms with Crippen LogP contribution in [0.25, 0.3) is 6.08 Å². The zero-order chi connectivity index (χ0) is 16.7. The van der Waals surface area contributed by atoms with Crippen molar-refractivity contribution in [1.29, 1.82) is 0 Å². The number of nitrogens with one attached hydrogen (secondary N) is 2. The number of carbonyl (C=O) groups excluding carboxylic acids is 1. The Kier molecular flexibility index (Phi) is 5.74. The second-order valence-corrected chi connectivity index (χ2v) is 4.93. The Morgan fingerprint density at radius 3 is 2.83 bits per heavy atom. The molecule has 2 rings (SSSR count). The summed E-state index contributed by atoms with van der Waals surface area (Å²) in [6, 6.07) is 12.2. The zero-order valence-electron chi connectivity index (χ0n) is 13.1. The van der Waals surface area contributed by atoms with Gasteiger partial charge in [0.15, 0.2) is 0 Å². The van der Waals surface area contributed by atoms with Crippen LogP contribution in [0.4, 0.5) is 10.1 Å². The van der Waals surface area contributed by atoms with Crippen molar-refractivity contribution in [3.8, 4) is 5.75 Å². The van der Waals surface area contributed by atoms with Gasteiger partial charge in [0, 0.05) is 31.4 Å². The Morgan fingerprint density at radius 2 is 2.09 bits per heavy atom. The molecule has 4 nitrogen and oxygen atoms in total. The number of rotatable bonds is 6. The number of amides is 1. The third-order valence-electron chi connectivity index (χ3n) is 3.22. The Hall–Kier alpha value is -2.82. The third kappa shape index (κ3) is 5.14. The highest BCUT2D eigenvalue weighted by Crippen LogP contribution is 2.18. The van der Waals surface area contributed by atoms with Crippen LogP contribution in [0.3, 0.4) is 0 Å². The molecule has 0 saturated heterocycles. The quantitative estimate of drug-likeness (QED) is 0.805. The first-order valence-electron chi connectivity index (χ1n) is 7.18. The maximum atomic E-state index is 13.7. The van der Waals surface area contributed by atoms with Gasteiger partial charge in [-0.3, -0.25) is 4.79 Å². The third-order valence-corrected chi connectivity index (χ3v) is 3.22. The molecule has 120 valence electrons. The maximum absolute atomic E-state index is 13.7. The van der Waals surface area contributed by atoms with Crippen LogP contribution in [0.5, 0.6) is 5.75 Å². The van der Waals surface area contributed by atoms with Crippen LogP contribution in [0.2, 0.25) is 0 Å². The molecule has 0 spiro atoms. The summed E-state index contributed by atoms with van der Waals surface area (Å²) < 4.78 is 18.9. The molecule has 1 amide bonds. The van der Waals surface area contributed by atoms with Crippen molar-refractivity contribution in [1.82, 2.24) is 5.32 Å². The van der Waals surface area contributed by atoms with Crippen molar-refractivity contribution < 1.29 is 13.9 Å². The van der Waals surface area contributed by atoms with Gasteiger partial charge in [0.25, 0.3) is 0 Å². The van der Waals surface area contributed by atoms with E-state index < -0.39 is 0 Å². The molecule has 0 unspecified atom stereocenters. The van der Waals surface area contributed by atoms with E-state index in [1.165, 1.54) is 18.2 Å². The van der Waals surface area contributed by atoms with Crippen molar-refractivity contribution in [2.24, 2.45) is 0 Å². The number of benzene rings is 2. The highest BCUT2D eigenvalue weighted by molar-refractivity contribution is 5.91. The summed E-state index contributed by atoms with van der Waals surface area (Å²) in [7, 11) is 3.15.